The molecule has 2 rings (SSSR count). The van der Waals surface area contributed by atoms with Crippen LogP contribution in [0, 0.1) is 34.0 Å². The maximum absolute atomic E-state index is 8.44. The highest BCUT2D eigenvalue weighted by molar-refractivity contribution is 4.93. The number of piperazine rings is 2. The van der Waals surface area contributed by atoms with Crippen LogP contribution in [-0.4, -0.2) is 75.2 Å². The van der Waals surface area contributed by atoms with Gasteiger partial charge in [-0.2, -0.15) is 15.8 Å². The number of nitriles is 3. The molecule has 2 heterocycles. The van der Waals surface area contributed by atoms with E-state index in [4.69, 9.17) is 15.8 Å². The molecule has 0 atom stereocenters. The van der Waals surface area contributed by atoms with Crippen LogP contribution in [0.1, 0.15) is 12.8 Å². The lowest BCUT2D eigenvalue weighted by Crippen LogP contribution is -2.46. The third-order valence-corrected chi connectivity index (χ3v) is 3.59. The summed E-state index contributed by atoms with van der Waals surface area (Å²) in [5, 5.41) is 30.8. The van der Waals surface area contributed by atoms with Gasteiger partial charge in [0, 0.05) is 84.4 Å². The number of allylic oxidation sites excluding steroid dienone is 1. The zero-order valence-corrected chi connectivity index (χ0v) is 14.5. The molecule has 7 heteroatoms. The van der Waals surface area contributed by atoms with E-state index in [1.54, 1.807) is 6.07 Å². The van der Waals surface area contributed by atoms with Gasteiger partial charge in [0.25, 0.3) is 0 Å². The van der Waals surface area contributed by atoms with Crippen molar-refractivity contribution in [3.8, 4) is 18.2 Å². The third kappa shape index (κ3) is 13.7. The van der Waals surface area contributed by atoms with Gasteiger partial charge in [-0.3, -0.25) is 9.80 Å². The Morgan fingerprint density at radius 1 is 0.792 bits per heavy atom. The van der Waals surface area contributed by atoms with Crippen molar-refractivity contribution in [3.63, 3.8) is 0 Å². The molecule has 7 nitrogen and oxygen atoms in total. The number of nitrogens with one attached hydrogen (secondary N) is 2. The van der Waals surface area contributed by atoms with E-state index < -0.39 is 0 Å². The first-order valence-corrected chi connectivity index (χ1v) is 8.39. The molecule has 0 bridgehead atoms. The molecule has 0 saturated carbocycles. The van der Waals surface area contributed by atoms with Crippen molar-refractivity contribution >= 4 is 0 Å². The molecule has 0 spiro atoms. The summed E-state index contributed by atoms with van der Waals surface area (Å²) < 4.78 is 0. The summed E-state index contributed by atoms with van der Waals surface area (Å²) in [6, 6.07) is 6.02. The fraction of sp³-hybridized carbons (Fsp3) is 0.706. The van der Waals surface area contributed by atoms with Gasteiger partial charge in [-0.15, -0.1) is 0 Å². The van der Waals surface area contributed by atoms with Gasteiger partial charge in [0.2, 0.25) is 0 Å². The van der Waals surface area contributed by atoms with Crippen LogP contribution in [0.2, 0.25) is 0 Å². The standard InChI is InChI=1S/C10H16N4.C4H10N2.C3H3N/c11-3-1-5-13-7-9-14(10-8-13)6-2-4-12;1-2-6-4-3-5-1;1-2-3-4/h1-2,5-10H2;5-6H,1-4H2;2H,1H2. The minimum Gasteiger partial charge on any atom is -0.314 e. The molecule has 0 radical (unpaired) electrons. The van der Waals surface area contributed by atoms with Gasteiger partial charge >= 0.3 is 0 Å². The monoisotopic (exact) mass is 331 g/mol. The normalized spacial score (nSPS) is 17.5. The summed E-state index contributed by atoms with van der Waals surface area (Å²) in [7, 11) is 0. The molecule has 0 aromatic heterocycles. The van der Waals surface area contributed by atoms with Gasteiger partial charge in [0.1, 0.15) is 0 Å². The van der Waals surface area contributed by atoms with Crippen LogP contribution in [0.15, 0.2) is 12.7 Å². The minimum atomic E-state index is 0.623. The summed E-state index contributed by atoms with van der Waals surface area (Å²) in [4.78, 5) is 4.62. The van der Waals surface area contributed by atoms with Crippen molar-refractivity contribution in [2.24, 2.45) is 0 Å². The van der Waals surface area contributed by atoms with Gasteiger partial charge in [-0.25, -0.2) is 0 Å². The topological polar surface area (TPSA) is 102 Å². The lowest BCUT2D eigenvalue weighted by molar-refractivity contribution is 0.136. The molecule has 132 valence electrons. The van der Waals surface area contributed by atoms with Crippen molar-refractivity contribution in [1.82, 2.24) is 20.4 Å². The SMILES string of the molecule is C1CNCCN1.C=CC#N.N#CCCN1CCN(CCC#N)CC1. The number of hydrogen-bond acceptors (Lipinski definition) is 7. The second-order valence-electron chi connectivity index (χ2n) is 5.33. The Bertz CT molecular complexity index is 380. The fourth-order valence-corrected chi connectivity index (χ4v) is 2.26. The molecule has 2 fully saturated rings. The van der Waals surface area contributed by atoms with Crippen LogP contribution in [0.3, 0.4) is 0 Å². The van der Waals surface area contributed by atoms with E-state index in [9.17, 15) is 0 Å². The van der Waals surface area contributed by atoms with Crippen LogP contribution in [-0.2, 0) is 0 Å². The van der Waals surface area contributed by atoms with Gasteiger partial charge < -0.3 is 10.6 Å². The summed E-state index contributed by atoms with van der Waals surface area (Å²) >= 11 is 0. The van der Waals surface area contributed by atoms with Crippen LogP contribution in [0.5, 0.6) is 0 Å². The van der Waals surface area contributed by atoms with Crippen molar-refractivity contribution < 1.29 is 0 Å². The van der Waals surface area contributed by atoms with E-state index >= 15 is 0 Å². The zero-order chi connectivity index (χ0) is 17.9. The summed E-state index contributed by atoms with van der Waals surface area (Å²) in [6.45, 7) is 13.6. The molecule has 2 N–H and O–H groups in total. The Morgan fingerprint density at radius 3 is 1.33 bits per heavy atom. The molecule has 0 aliphatic carbocycles. The Morgan fingerprint density at radius 2 is 1.12 bits per heavy atom. The highest BCUT2D eigenvalue weighted by Crippen LogP contribution is 2.02. The smallest absolute Gasteiger partial charge is 0.0905 e. The largest absolute Gasteiger partial charge is 0.314 e. The van der Waals surface area contributed by atoms with Gasteiger partial charge in [-0.1, -0.05) is 6.58 Å². The summed E-state index contributed by atoms with van der Waals surface area (Å²) in [6.07, 6.45) is 2.43. The van der Waals surface area contributed by atoms with Gasteiger partial charge in [-0.05, 0) is 0 Å². The predicted octanol–water partition coefficient (Wildman–Crippen LogP) is 0.307. The average molecular weight is 331 g/mol. The first-order chi connectivity index (χ1) is 11.8. The average Bonchev–Trinajstić information content (AvgIpc) is 2.67. The van der Waals surface area contributed by atoms with Crippen LogP contribution < -0.4 is 10.6 Å². The molecule has 0 unspecified atom stereocenters. The Kier molecular flexibility index (Phi) is 16.0. The predicted molar refractivity (Wildman–Crippen MR) is 94.9 cm³/mol. The maximum atomic E-state index is 8.44. The second-order valence-corrected chi connectivity index (χ2v) is 5.33. The lowest BCUT2D eigenvalue weighted by atomic mass is 10.3. The quantitative estimate of drug-likeness (QED) is 0.715. The fourth-order valence-electron chi connectivity index (χ4n) is 2.26. The van der Waals surface area contributed by atoms with E-state index in [2.05, 4.69) is 39.2 Å². The van der Waals surface area contributed by atoms with E-state index in [-0.39, 0.29) is 0 Å². The molecule has 2 saturated heterocycles. The van der Waals surface area contributed by atoms with Crippen LogP contribution in [0.4, 0.5) is 0 Å². The van der Waals surface area contributed by atoms with Crippen molar-refractivity contribution in [1.29, 1.82) is 15.8 Å². The maximum Gasteiger partial charge on any atom is 0.0905 e. The first kappa shape index (κ1) is 22.1. The van der Waals surface area contributed by atoms with E-state index in [1.165, 1.54) is 6.08 Å². The zero-order valence-electron chi connectivity index (χ0n) is 14.5. The van der Waals surface area contributed by atoms with Crippen LogP contribution in [0.25, 0.3) is 0 Å². The second kappa shape index (κ2) is 17.4. The molecular weight excluding hydrogens is 302 g/mol. The molecule has 0 aromatic carbocycles. The molecule has 0 aromatic rings. The molecule has 2 aliphatic rings. The van der Waals surface area contributed by atoms with E-state index in [0.29, 0.717) is 12.8 Å². The highest BCUT2D eigenvalue weighted by Gasteiger charge is 2.15. The first-order valence-electron chi connectivity index (χ1n) is 8.39. The molecule has 24 heavy (non-hydrogen) atoms. The Labute approximate surface area is 146 Å². The molecular formula is C17H29N7. The van der Waals surface area contributed by atoms with E-state index in [1.807, 2.05) is 0 Å². The molecule has 0 amide bonds. The van der Waals surface area contributed by atoms with Crippen molar-refractivity contribution in [3.05, 3.63) is 12.7 Å². The Balaban J connectivity index is 0.000000433. The van der Waals surface area contributed by atoms with Crippen molar-refractivity contribution in [2.75, 3.05) is 65.4 Å². The summed E-state index contributed by atoms with van der Waals surface area (Å²) in [5.74, 6) is 0. The Hall–Kier alpha value is -1.95. The summed E-state index contributed by atoms with van der Waals surface area (Å²) in [5.41, 5.74) is 0. The van der Waals surface area contributed by atoms with Gasteiger partial charge in [0.05, 0.1) is 18.2 Å². The van der Waals surface area contributed by atoms with Crippen molar-refractivity contribution in [2.45, 2.75) is 12.8 Å². The molecule has 2 aliphatic heterocycles. The number of nitrogens with zero attached hydrogens (tertiary/aromatic N) is 5. The third-order valence-electron chi connectivity index (χ3n) is 3.59. The highest BCUT2D eigenvalue weighted by atomic mass is 15.3. The van der Waals surface area contributed by atoms with E-state index in [0.717, 1.165) is 65.4 Å². The van der Waals surface area contributed by atoms with Crippen LogP contribution >= 0.6 is 0 Å². The van der Waals surface area contributed by atoms with Gasteiger partial charge in [0.15, 0.2) is 0 Å². The number of rotatable bonds is 4. The minimum absolute atomic E-state index is 0.623. The lowest BCUT2D eigenvalue weighted by Gasteiger charge is -2.33. The number of hydrogen-bond donors (Lipinski definition) is 2.